The Hall–Kier alpha value is -1.59. The zero-order valence-electron chi connectivity index (χ0n) is 12.6. The Morgan fingerprint density at radius 3 is 2.52 bits per heavy atom. The fourth-order valence-corrected chi connectivity index (χ4v) is 2.41. The van der Waals surface area contributed by atoms with Crippen molar-refractivity contribution in [3.05, 3.63) is 29.3 Å². The van der Waals surface area contributed by atoms with Gasteiger partial charge in [0.15, 0.2) is 6.61 Å². The Kier molecular flexibility index (Phi) is 5.20. The van der Waals surface area contributed by atoms with Crippen molar-refractivity contribution < 1.29 is 19.4 Å². The molecule has 1 amide bonds. The van der Waals surface area contributed by atoms with E-state index in [4.69, 9.17) is 9.47 Å². The molecule has 0 bridgehead atoms. The lowest BCUT2D eigenvalue weighted by molar-refractivity contribution is -0.125. The lowest BCUT2D eigenvalue weighted by atomic mass is 9.94. The van der Waals surface area contributed by atoms with Crippen molar-refractivity contribution >= 4 is 5.91 Å². The van der Waals surface area contributed by atoms with Crippen LogP contribution in [0.25, 0.3) is 0 Å². The van der Waals surface area contributed by atoms with Crippen molar-refractivity contribution in [1.82, 2.24) is 5.32 Å². The molecule has 1 aliphatic heterocycles. The van der Waals surface area contributed by atoms with Gasteiger partial charge in [0.1, 0.15) is 5.75 Å². The molecule has 2 N–H and O–H groups in total. The van der Waals surface area contributed by atoms with Crippen molar-refractivity contribution in [2.24, 2.45) is 0 Å². The van der Waals surface area contributed by atoms with Gasteiger partial charge in [-0.25, -0.2) is 0 Å². The van der Waals surface area contributed by atoms with Crippen LogP contribution < -0.4 is 10.1 Å². The first-order chi connectivity index (χ1) is 9.97. The predicted molar refractivity (Wildman–Crippen MR) is 79.4 cm³/mol. The van der Waals surface area contributed by atoms with Gasteiger partial charge in [-0.3, -0.25) is 4.79 Å². The second-order valence-electron chi connectivity index (χ2n) is 5.73. The minimum absolute atomic E-state index is 0.0462. The third-order valence-electron chi connectivity index (χ3n) is 3.60. The van der Waals surface area contributed by atoms with E-state index >= 15 is 0 Å². The number of hydrogen-bond acceptors (Lipinski definition) is 4. The number of rotatable bonds is 5. The summed E-state index contributed by atoms with van der Waals surface area (Å²) in [4.78, 5) is 11.8. The third-order valence-corrected chi connectivity index (χ3v) is 3.60. The molecule has 0 atom stereocenters. The Balaban J connectivity index is 1.76. The summed E-state index contributed by atoms with van der Waals surface area (Å²) in [6, 6.07) is 5.84. The van der Waals surface area contributed by atoms with Crippen molar-refractivity contribution in [2.45, 2.75) is 32.3 Å². The summed E-state index contributed by atoms with van der Waals surface area (Å²) in [7, 11) is 0. The maximum atomic E-state index is 11.8. The van der Waals surface area contributed by atoms with Gasteiger partial charge in [0.25, 0.3) is 5.91 Å². The summed E-state index contributed by atoms with van der Waals surface area (Å²) in [5.41, 5.74) is 1.34. The maximum absolute atomic E-state index is 11.8. The lowest BCUT2D eigenvalue weighted by Gasteiger charge is -2.32. The summed E-state index contributed by atoms with van der Waals surface area (Å²) in [5.74, 6) is 0.460. The highest BCUT2D eigenvalue weighted by Gasteiger charge is 2.30. The molecule has 0 spiro atoms. The molecule has 21 heavy (non-hydrogen) atoms. The normalized spacial score (nSPS) is 17.3. The van der Waals surface area contributed by atoms with E-state index in [0.29, 0.717) is 31.8 Å². The predicted octanol–water partition coefficient (Wildman–Crippen LogP) is 1.34. The standard InChI is InChI=1S/C16H23NO4/c1-12-7-13(2)9-14(8-12)21-10-15(18)17-11-16(19)3-5-20-6-4-16/h7-9,19H,3-6,10-11H2,1-2H3,(H,17,18). The van der Waals surface area contributed by atoms with Gasteiger partial charge in [0.05, 0.1) is 5.60 Å². The van der Waals surface area contributed by atoms with Crippen LogP contribution in [0.2, 0.25) is 0 Å². The van der Waals surface area contributed by atoms with Crippen LogP contribution >= 0.6 is 0 Å². The van der Waals surface area contributed by atoms with Gasteiger partial charge in [-0.2, -0.15) is 0 Å². The van der Waals surface area contributed by atoms with Crippen LogP contribution in [0.5, 0.6) is 5.75 Å². The summed E-state index contributed by atoms with van der Waals surface area (Å²) < 4.78 is 10.7. The van der Waals surface area contributed by atoms with Crippen LogP contribution in [0, 0.1) is 13.8 Å². The molecule has 2 rings (SSSR count). The Morgan fingerprint density at radius 1 is 1.29 bits per heavy atom. The number of aryl methyl sites for hydroxylation is 2. The zero-order valence-corrected chi connectivity index (χ0v) is 12.6. The summed E-state index contributed by atoms with van der Waals surface area (Å²) in [6.07, 6.45) is 1.09. The summed E-state index contributed by atoms with van der Waals surface area (Å²) in [5, 5.41) is 13.0. The van der Waals surface area contributed by atoms with E-state index in [1.165, 1.54) is 0 Å². The van der Waals surface area contributed by atoms with Crippen LogP contribution in [0.3, 0.4) is 0 Å². The molecular formula is C16H23NO4. The summed E-state index contributed by atoms with van der Waals surface area (Å²) >= 11 is 0. The number of aliphatic hydroxyl groups is 1. The molecule has 1 heterocycles. The molecule has 1 aromatic carbocycles. The first-order valence-electron chi connectivity index (χ1n) is 7.25. The van der Waals surface area contributed by atoms with Crippen molar-refractivity contribution in [3.8, 4) is 5.75 Å². The second kappa shape index (κ2) is 6.91. The highest BCUT2D eigenvalue weighted by molar-refractivity contribution is 5.77. The first kappa shape index (κ1) is 15.8. The second-order valence-corrected chi connectivity index (χ2v) is 5.73. The van der Waals surface area contributed by atoms with E-state index in [-0.39, 0.29) is 19.1 Å². The van der Waals surface area contributed by atoms with E-state index in [1.54, 1.807) is 0 Å². The molecule has 1 saturated heterocycles. The molecule has 116 valence electrons. The lowest BCUT2D eigenvalue weighted by Crippen LogP contribution is -2.47. The molecule has 0 aliphatic carbocycles. The van der Waals surface area contributed by atoms with Gasteiger partial charge in [0, 0.05) is 32.6 Å². The number of carbonyl (C=O) groups is 1. The van der Waals surface area contributed by atoms with E-state index in [0.717, 1.165) is 11.1 Å². The number of ether oxygens (including phenoxy) is 2. The first-order valence-corrected chi connectivity index (χ1v) is 7.25. The monoisotopic (exact) mass is 293 g/mol. The van der Waals surface area contributed by atoms with E-state index in [9.17, 15) is 9.90 Å². The topological polar surface area (TPSA) is 67.8 Å². The maximum Gasteiger partial charge on any atom is 0.258 e. The highest BCUT2D eigenvalue weighted by atomic mass is 16.5. The van der Waals surface area contributed by atoms with Gasteiger partial charge in [-0.05, 0) is 37.1 Å². The van der Waals surface area contributed by atoms with Gasteiger partial charge in [-0.1, -0.05) is 6.07 Å². The fraction of sp³-hybridized carbons (Fsp3) is 0.562. The molecule has 1 fully saturated rings. The van der Waals surface area contributed by atoms with Gasteiger partial charge in [0.2, 0.25) is 0 Å². The van der Waals surface area contributed by atoms with Crippen molar-refractivity contribution in [3.63, 3.8) is 0 Å². The molecule has 0 unspecified atom stereocenters. The van der Waals surface area contributed by atoms with Crippen LogP contribution in [0.1, 0.15) is 24.0 Å². The van der Waals surface area contributed by atoms with Crippen LogP contribution in [-0.4, -0.2) is 43.0 Å². The fourth-order valence-electron chi connectivity index (χ4n) is 2.41. The Labute approximate surface area is 125 Å². The van der Waals surface area contributed by atoms with Crippen LogP contribution in [0.4, 0.5) is 0 Å². The van der Waals surface area contributed by atoms with Crippen molar-refractivity contribution in [2.75, 3.05) is 26.4 Å². The molecule has 1 aromatic rings. The quantitative estimate of drug-likeness (QED) is 0.859. The number of benzene rings is 1. The van der Waals surface area contributed by atoms with Crippen molar-refractivity contribution in [1.29, 1.82) is 0 Å². The van der Waals surface area contributed by atoms with Gasteiger partial charge >= 0.3 is 0 Å². The number of hydrogen-bond donors (Lipinski definition) is 2. The Bertz CT molecular complexity index is 475. The van der Waals surface area contributed by atoms with E-state index in [1.807, 2.05) is 32.0 Å². The smallest absolute Gasteiger partial charge is 0.258 e. The number of amides is 1. The zero-order chi connectivity index (χ0) is 15.3. The molecule has 5 nitrogen and oxygen atoms in total. The molecule has 0 aromatic heterocycles. The average molecular weight is 293 g/mol. The molecule has 5 heteroatoms. The Morgan fingerprint density at radius 2 is 1.90 bits per heavy atom. The molecule has 0 saturated carbocycles. The van der Waals surface area contributed by atoms with E-state index < -0.39 is 5.60 Å². The number of nitrogens with one attached hydrogen (secondary N) is 1. The largest absolute Gasteiger partial charge is 0.484 e. The van der Waals surface area contributed by atoms with Crippen LogP contribution in [-0.2, 0) is 9.53 Å². The minimum Gasteiger partial charge on any atom is -0.484 e. The molecule has 0 radical (unpaired) electrons. The summed E-state index contributed by atoms with van der Waals surface area (Å²) in [6.45, 7) is 5.24. The third kappa shape index (κ3) is 5.02. The van der Waals surface area contributed by atoms with Gasteiger partial charge in [-0.15, -0.1) is 0 Å². The molecule has 1 aliphatic rings. The number of carbonyl (C=O) groups excluding carboxylic acids is 1. The SMILES string of the molecule is Cc1cc(C)cc(OCC(=O)NCC2(O)CCOCC2)c1. The molecular weight excluding hydrogens is 270 g/mol. The highest BCUT2D eigenvalue weighted by Crippen LogP contribution is 2.19. The van der Waals surface area contributed by atoms with E-state index in [2.05, 4.69) is 5.32 Å². The average Bonchev–Trinajstić information content (AvgIpc) is 2.43. The van der Waals surface area contributed by atoms with Crippen LogP contribution in [0.15, 0.2) is 18.2 Å². The minimum atomic E-state index is -0.853. The van der Waals surface area contributed by atoms with Gasteiger partial charge < -0.3 is 19.9 Å².